The van der Waals surface area contributed by atoms with Gasteiger partial charge in [0.2, 0.25) is 0 Å². The highest BCUT2D eigenvalue weighted by Gasteiger charge is 2.24. The van der Waals surface area contributed by atoms with Crippen molar-refractivity contribution in [3.63, 3.8) is 0 Å². The Morgan fingerprint density at radius 3 is 2.59 bits per heavy atom. The van der Waals surface area contributed by atoms with Gasteiger partial charge in [0.15, 0.2) is 9.84 Å². The predicted octanol–water partition coefficient (Wildman–Crippen LogP) is 0.952. The van der Waals surface area contributed by atoms with Gasteiger partial charge in [-0.15, -0.1) is 0 Å². The number of hydrogen-bond donors (Lipinski definition) is 2. The summed E-state index contributed by atoms with van der Waals surface area (Å²) in [6, 6.07) is 0.297. The first-order valence-corrected chi connectivity index (χ1v) is 8.46. The second-order valence-corrected chi connectivity index (χ2v) is 7.24. The van der Waals surface area contributed by atoms with E-state index in [1.54, 1.807) is 0 Å². The van der Waals surface area contributed by atoms with E-state index in [1.807, 2.05) is 6.92 Å². The molecule has 0 spiro atoms. The second-order valence-electron chi connectivity index (χ2n) is 4.94. The summed E-state index contributed by atoms with van der Waals surface area (Å²) in [7, 11) is -2.88. The zero-order valence-electron chi connectivity index (χ0n) is 10.7. The lowest BCUT2D eigenvalue weighted by atomic mass is 9.85. The number of nitrogens with one attached hydrogen (secondary N) is 1. The van der Waals surface area contributed by atoms with Crippen LogP contribution in [0.5, 0.6) is 0 Å². The van der Waals surface area contributed by atoms with Crippen LogP contribution in [0.4, 0.5) is 0 Å². The molecule has 4 nitrogen and oxygen atoms in total. The summed E-state index contributed by atoms with van der Waals surface area (Å²) in [5.41, 5.74) is 0. The van der Waals surface area contributed by atoms with Gasteiger partial charge in [0.1, 0.15) is 0 Å². The lowest BCUT2D eigenvalue weighted by molar-refractivity contribution is 0.154. The number of hydrogen-bond acceptors (Lipinski definition) is 4. The maximum absolute atomic E-state index is 11.5. The molecule has 0 saturated heterocycles. The van der Waals surface area contributed by atoms with Gasteiger partial charge >= 0.3 is 0 Å². The fourth-order valence-electron chi connectivity index (χ4n) is 2.51. The van der Waals surface area contributed by atoms with Crippen LogP contribution in [0, 0.1) is 5.92 Å². The molecule has 2 atom stereocenters. The van der Waals surface area contributed by atoms with E-state index < -0.39 is 9.84 Å². The minimum absolute atomic E-state index is 0.208. The van der Waals surface area contributed by atoms with E-state index >= 15 is 0 Å². The van der Waals surface area contributed by atoms with E-state index in [9.17, 15) is 13.5 Å². The minimum Gasteiger partial charge on any atom is -0.396 e. The lowest BCUT2D eigenvalue weighted by Crippen LogP contribution is -2.42. The molecule has 2 N–H and O–H groups in total. The molecule has 0 aliphatic heterocycles. The molecule has 0 aromatic rings. The molecule has 0 amide bonds. The van der Waals surface area contributed by atoms with Crippen molar-refractivity contribution in [2.45, 2.75) is 45.1 Å². The molecule has 1 saturated carbocycles. The summed E-state index contributed by atoms with van der Waals surface area (Å²) in [5, 5.41) is 12.5. The van der Waals surface area contributed by atoms with Crippen molar-refractivity contribution >= 4 is 9.84 Å². The van der Waals surface area contributed by atoms with Crippen LogP contribution in [0.2, 0.25) is 0 Å². The van der Waals surface area contributed by atoms with Crippen molar-refractivity contribution in [1.82, 2.24) is 5.32 Å². The van der Waals surface area contributed by atoms with Gasteiger partial charge in [-0.2, -0.15) is 0 Å². The van der Waals surface area contributed by atoms with Crippen molar-refractivity contribution in [3.05, 3.63) is 0 Å². The molecule has 0 bridgehead atoms. The summed E-state index contributed by atoms with van der Waals surface area (Å²) < 4.78 is 23.1. The monoisotopic (exact) mass is 263 g/mol. The van der Waals surface area contributed by atoms with Crippen LogP contribution in [0.3, 0.4) is 0 Å². The van der Waals surface area contributed by atoms with Crippen LogP contribution >= 0.6 is 0 Å². The number of rotatable bonds is 7. The highest BCUT2D eigenvalue weighted by atomic mass is 32.2. The third-order valence-corrected chi connectivity index (χ3v) is 5.33. The van der Waals surface area contributed by atoms with E-state index in [2.05, 4.69) is 5.32 Å². The molecule has 2 unspecified atom stereocenters. The van der Waals surface area contributed by atoms with Crippen LogP contribution < -0.4 is 5.32 Å². The highest BCUT2D eigenvalue weighted by molar-refractivity contribution is 7.91. The summed E-state index contributed by atoms with van der Waals surface area (Å²) in [6.45, 7) is 2.61. The Morgan fingerprint density at radius 2 is 1.94 bits per heavy atom. The highest BCUT2D eigenvalue weighted by Crippen LogP contribution is 2.23. The van der Waals surface area contributed by atoms with Crippen LogP contribution in [0.15, 0.2) is 0 Å². The average Bonchev–Trinajstić information content (AvgIpc) is 2.29. The molecule has 1 aliphatic rings. The van der Waals surface area contributed by atoms with Gasteiger partial charge in [-0.1, -0.05) is 19.8 Å². The molecular weight excluding hydrogens is 238 g/mol. The molecule has 1 rings (SSSR count). The van der Waals surface area contributed by atoms with Gasteiger partial charge < -0.3 is 10.4 Å². The van der Waals surface area contributed by atoms with E-state index in [-0.39, 0.29) is 18.1 Å². The average molecular weight is 263 g/mol. The van der Waals surface area contributed by atoms with Crippen LogP contribution in [-0.4, -0.2) is 44.2 Å². The second kappa shape index (κ2) is 7.34. The quantitative estimate of drug-likeness (QED) is 0.718. The van der Waals surface area contributed by atoms with Crippen LogP contribution in [0.25, 0.3) is 0 Å². The maximum Gasteiger partial charge on any atom is 0.151 e. The maximum atomic E-state index is 11.5. The van der Waals surface area contributed by atoms with Gasteiger partial charge in [-0.05, 0) is 25.2 Å². The Morgan fingerprint density at radius 1 is 1.24 bits per heavy atom. The molecule has 0 aromatic heterocycles. The Kier molecular flexibility index (Phi) is 6.44. The third-order valence-electron chi connectivity index (χ3n) is 3.48. The molecule has 1 fully saturated rings. The van der Waals surface area contributed by atoms with Gasteiger partial charge in [-0.25, -0.2) is 8.42 Å². The number of aliphatic hydroxyl groups is 1. The normalized spacial score (nSPS) is 26.0. The molecular formula is C12H25NO3S. The number of sulfone groups is 1. The molecule has 1 aliphatic carbocycles. The van der Waals surface area contributed by atoms with Crippen LogP contribution in [-0.2, 0) is 9.84 Å². The Balaban J connectivity index is 2.29. The lowest BCUT2D eigenvalue weighted by Gasteiger charge is -2.31. The zero-order valence-corrected chi connectivity index (χ0v) is 11.5. The van der Waals surface area contributed by atoms with Gasteiger partial charge in [0.05, 0.1) is 5.75 Å². The summed E-state index contributed by atoms with van der Waals surface area (Å²) in [6.07, 6.45) is 5.15. The van der Waals surface area contributed by atoms with E-state index in [4.69, 9.17) is 0 Å². The summed E-state index contributed by atoms with van der Waals surface area (Å²) in [5.74, 6) is 0.802. The third kappa shape index (κ3) is 5.36. The van der Waals surface area contributed by atoms with Gasteiger partial charge in [0, 0.05) is 24.9 Å². The molecule has 5 heteroatoms. The Labute approximate surface area is 105 Å². The Bertz CT molecular complexity index is 303. The first-order valence-electron chi connectivity index (χ1n) is 6.63. The fourth-order valence-corrected chi connectivity index (χ4v) is 3.76. The predicted molar refractivity (Wildman–Crippen MR) is 69.8 cm³/mol. The molecule has 17 heavy (non-hydrogen) atoms. The van der Waals surface area contributed by atoms with E-state index in [1.165, 1.54) is 12.8 Å². The SMILES string of the molecule is CCCS(=O)(=O)CCNC1CCCCC1CO. The van der Waals surface area contributed by atoms with E-state index in [0.29, 0.717) is 24.9 Å². The van der Waals surface area contributed by atoms with E-state index in [0.717, 1.165) is 12.8 Å². The minimum atomic E-state index is -2.88. The molecule has 102 valence electrons. The van der Waals surface area contributed by atoms with Crippen molar-refractivity contribution in [3.8, 4) is 0 Å². The van der Waals surface area contributed by atoms with Crippen molar-refractivity contribution in [2.75, 3.05) is 24.7 Å². The largest absolute Gasteiger partial charge is 0.396 e. The topological polar surface area (TPSA) is 66.4 Å². The molecule has 0 radical (unpaired) electrons. The fraction of sp³-hybridized carbons (Fsp3) is 1.00. The first-order chi connectivity index (χ1) is 8.09. The first kappa shape index (κ1) is 14.9. The van der Waals surface area contributed by atoms with Crippen molar-refractivity contribution < 1.29 is 13.5 Å². The summed E-state index contributed by atoms with van der Waals surface area (Å²) in [4.78, 5) is 0. The van der Waals surface area contributed by atoms with Crippen molar-refractivity contribution in [2.24, 2.45) is 5.92 Å². The summed E-state index contributed by atoms with van der Waals surface area (Å²) >= 11 is 0. The van der Waals surface area contributed by atoms with Gasteiger partial charge in [-0.3, -0.25) is 0 Å². The number of aliphatic hydroxyl groups excluding tert-OH is 1. The standard InChI is InChI=1S/C12H25NO3S/c1-2-8-17(15,16)9-7-13-12-6-4-3-5-11(12)10-14/h11-14H,2-10H2,1H3. The molecule has 0 aromatic carbocycles. The van der Waals surface area contributed by atoms with Crippen LogP contribution in [0.1, 0.15) is 39.0 Å². The smallest absolute Gasteiger partial charge is 0.151 e. The Hall–Kier alpha value is -0.130. The zero-order chi connectivity index (χ0) is 12.7. The van der Waals surface area contributed by atoms with Gasteiger partial charge in [0.25, 0.3) is 0 Å². The molecule has 0 heterocycles. The van der Waals surface area contributed by atoms with Crippen molar-refractivity contribution in [1.29, 1.82) is 0 Å².